The van der Waals surface area contributed by atoms with Gasteiger partial charge in [0.05, 0.1) is 11.6 Å². The quantitative estimate of drug-likeness (QED) is 0.308. The fourth-order valence-corrected chi connectivity index (χ4v) is 4.17. The molecule has 30 heavy (non-hydrogen) atoms. The van der Waals surface area contributed by atoms with Gasteiger partial charge in [-0.2, -0.15) is 0 Å². The number of para-hydroxylation sites is 1. The number of nitrogens with one attached hydrogen (secondary N) is 1. The van der Waals surface area contributed by atoms with Crippen molar-refractivity contribution in [2.75, 3.05) is 11.9 Å². The summed E-state index contributed by atoms with van der Waals surface area (Å²) in [4.78, 5) is 12.3. The number of carbonyl (C=O) groups excluding carboxylic acids is 1. The van der Waals surface area contributed by atoms with Gasteiger partial charge in [0.2, 0.25) is 11.9 Å². The normalized spacial score (nSPS) is 10.8. The predicted octanol–water partition coefficient (Wildman–Crippen LogP) is 5.69. The van der Waals surface area contributed by atoms with Gasteiger partial charge < -0.3 is 4.74 Å². The van der Waals surface area contributed by atoms with E-state index in [0.717, 1.165) is 15.7 Å². The molecule has 3 rings (SSSR count). The number of rotatable bonds is 10. The topological polar surface area (TPSA) is 69.0 Å². The Labute approximate surface area is 189 Å². The molecule has 0 saturated heterocycles. The van der Waals surface area contributed by atoms with E-state index in [4.69, 9.17) is 27.9 Å². The Morgan fingerprint density at radius 2 is 1.83 bits per heavy atom. The van der Waals surface area contributed by atoms with Crippen molar-refractivity contribution < 1.29 is 9.53 Å². The summed E-state index contributed by atoms with van der Waals surface area (Å²) < 4.78 is 7.49. The van der Waals surface area contributed by atoms with Gasteiger partial charge in [-0.15, -0.1) is 10.2 Å². The molecule has 0 spiro atoms. The van der Waals surface area contributed by atoms with Crippen molar-refractivity contribution >= 4 is 46.8 Å². The highest BCUT2D eigenvalue weighted by Crippen LogP contribution is 2.27. The van der Waals surface area contributed by atoms with Crippen LogP contribution in [-0.2, 0) is 17.1 Å². The van der Waals surface area contributed by atoms with Crippen LogP contribution in [0.3, 0.4) is 0 Å². The second-order valence-corrected chi connectivity index (χ2v) is 8.12. The molecule has 1 heterocycles. The highest BCUT2D eigenvalue weighted by atomic mass is 35.5. The highest BCUT2D eigenvalue weighted by molar-refractivity contribution is 7.98. The van der Waals surface area contributed by atoms with E-state index in [9.17, 15) is 4.79 Å². The summed E-state index contributed by atoms with van der Waals surface area (Å²) in [6, 6.07) is 15.0. The van der Waals surface area contributed by atoms with Crippen LogP contribution in [0, 0.1) is 0 Å². The van der Waals surface area contributed by atoms with Gasteiger partial charge in [0.15, 0.2) is 5.16 Å². The van der Waals surface area contributed by atoms with E-state index < -0.39 is 0 Å². The van der Waals surface area contributed by atoms with Gasteiger partial charge in [-0.1, -0.05) is 65.3 Å². The van der Waals surface area contributed by atoms with E-state index in [-0.39, 0.29) is 5.91 Å². The number of nitrogens with zero attached hydrogens (tertiary/aromatic N) is 3. The van der Waals surface area contributed by atoms with Crippen LogP contribution in [0.1, 0.15) is 25.3 Å². The second kappa shape index (κ2) is 11.2. The summed E-state index contributed by atoms with van der Waals surface area (Å²) in [7, 11) is 0. The maximum Gasteiger partial charge on any atom is 0.231 e. The molecule has 1 N–H and O–H groups in total. The molecule has 1 amide bonds. The molecule has 158 valence electrons. The summed E-state index contributed by atoms with van der Waals surface area (Å²) in [5.41, 5.74) is 1.03. The predicted molar refractivity (Wildman–Crippen MR) is 122 cm³/mol. The molecule has 0 radical (unpaired) electrons. The number of carbonyl (C=O) groups is 1. The number of ether oxygens (including phenoxy) is 1. The van der Waals surface area contributed by atoms with Crippen LogP contribution >= 0.6 is 35.0 Å². The smallest absolute Gasteiger partial charge is 0.231 e. The van der Waals surface area contributed by atoms with Crippen molar-refractivity contribution in [1.82, 2.24) is 14.8 Å². The Balaban J connectivity index is 1.49. The van der Waals surface area contributed by atoms with Crippen molar-refractivity contribution in [3.05, 3.63) is 64.1 Å². The molecular formula is C21H22Cl2N4O2S. The third-order valence-electron chi connectivity index (χ3n) is 4.24. The number of aromatic nitrogens is 3. The lowest BCUT2D eigenvalue weighted by Crippen LogP contribution is -2.16. The lowest BCUT2D eigenvalue weighted by atomic mass is 10.2. The SMILES string of the molecule is CCn1c(NC(=O)CCCOc2ccccc2Cl)nnc1SCc1ccccc1Cl. The largest absolute Gasteiger partial charge is 0.492 e. The third kappa shape index (κ3) is 6.14. The maximum atomic E-state index is 12.3. The minimum Gasteiger partial charge on any atom is -0.492 e. The van der Waals surface area contributed by atoms with Gasteiger partial charge >= 0.3 is 0 Å². The molecule has 0 aliphatic carbocycles. The number of benzene rings is 2. The number of anilines is 1. The van der Waals surface area contributed by atoms with Gasteiger partial charge in [-0.3, -0.25) is 14.7 Å². The van der Waals surface area contributed by atoms with Crippen LogP contribution in [0.2, 0.25) is 10.0 Å². The Morgan fingerprint density at radius 1 is 1.10 bits per heavy atom. The van der Waals surface area contributed by atoms with Gasteiger partial charge in [-0.05, 0) is 37.1 Å². The summed E-state index contributed by atoms with van der Waals surface area (Å²) in [6.07, 6.45) is 0.870. The van der Waals surface area contributed by atoms with Crippen molar-refractivity contribution in [3.8, 4) is 5.75 Å². The molecule has 0 aliphatic rings. The van der Waals surface area contributed by atoms with E-state index in [0.29, 0.717) is 48.5 Å². The molecule has 0 bridgehead atoms. The molecule has 0 unspecified atom stereocenters. The number of hydrogen-bond acceptors (Lipinski definition) is 5. The van der Waals surface area contributed by atoms with E-state index >= 15 is 0 Å². The fraction of sp³-hybridized carbons (Fsp3) is 0.286. The van der Waals surface area contributed by atoms with Crippen molar-refractivity contribution in [3.63, 3.8) is 0 Å². The monoisotopic (exact) mass is 464 g/mol. The molecule has 3 aromatic rings. The zero-order chi connectivity index (χ0) is 21.3. The molecule has 0 saturated carbocycles. The first kappa shape index (κ1) is 22.5. The van der Waals surface area contributed by atoms with Crippen LogP contribution in [0.25, 0.3) is 0 Å². The Kier molecular flexibility index (Phi) is 8.42. The average molecular weight is 465 g/mol. The standard InChI is InChI=1S/C21H22Cl2N4O2S/c1-2-27-20(25-26-21(27)30-14-15-8-3-4-9-16(15)22)24-19(28)12-7-13-29-18-11-6-5-10-17(18)23/h3-6,8-11H,2,7,12-14H2,1H3,(H,24,25,28). The van der Waals surface area contributed by atoms with E-state index in [1.807, 2.05) is 47.9 Å². The summed E-state index contributed by atoms with van der Waals surface area (Å²) >= 11 is 13.8. The number of thioether (sulfide) groups is 1. The molecule has 1 aromatic heterocycles. The number of halogens is 2. The highest BCUT2D eigenvalue weighted by Gasteiger charge is 2.14. The zero-order valence-electron chi connectivity index (χ0n) is 16.5. The van der Waals surface area contributed by atoms with E-state index in [1.165, 1.54) is 11.8 Å². The first-order valence-electron chi connectivity index (χ1n) is 9.55. The van der Waals surface area contributed by atoms with Crippen molar-refractivity contribution in [2.24, 2.45) is 0 Å². The fourth-order valence-electron chi connectivity index (χ4n) is 2.69. The van der Waals surface area contributed by atoms with Crippen LogP contribution < -0.4 is 10.1 Å². The van der Waals surface area contributed by atoms with Crippen LogP contribution in [-0.4, -0.2) is 27.3 Å². The summed E-state index contributed by atoms with van der Waals surface area (Å²) in [5.74, 6) is 1.59. The molecule has 9 heteroatoms. The van der Waals surface area contributed by atoms with E-state index in [1.54, 1.807) is 12.1 Å². The number of hydrogen-bond donors (Lipinski definition) is 1. The van der Waals surface area contributed by atoms with Crippen LogP contribution in [0.5, 0.6) is 5.75 Å². The third-order valence-corrected chi connectivity index (χ3v) is 5.94. The minimum absolute atomic E-state index is 0.137. The van der Waals surface area contributed by atoms with E-state index in [2.05, 4.69) is 15.5 Å². The first-order valence-corrected chi connectivity index (χ1v) is 11.3. The Bertz CT molecular complexity index is 997. The van der Waals surface area contributed by atoms with Crippen LogP contribution in [0.15, 0.2) is 53.7 Å². The van der Waals surface area contributed by atoms with Crippen molar-refractivity contribution in [2.45, 2.75) is 37.2 Å². The molecule has 0 atom stereocenters. The lowest BCUT2D eigenvalue weighted by Gasteiger charge is -2.09. The van der Waals surface area contributed by atoms with Gasteiger partial charge in [0.1, 0.15) is 5.75 Å². The molecule has 6 nitrogen and oxygen atoms in total. The summed E-state index contributed by atoms with van der Waals surface area (Å²) in [5, 5.41) is 13.2. The average Bonchev–Trinajstić information content (AvgIpc) is 3.13. The lowest BCUT2D eigenvalue weighted by molar-refractivity contribution is -0.116. The zero-order valence-corrected chi connectivity index (χ0v) is 18.8. The first-order chi connectivity index (χ1) is 14.6. The van der Waals surface area contributed by atoms with Gasteiger partial charge in [0.25, 0.3) is 0 Å². The molecular weight excluding hydrogens is 443 g/mol. The van der Waals surface area contributed by atoms with Gasteiger partial charge in [0, 0.05) is 23.7 Å². The maximum absolute atomic E-state index is 12.3. The Morgan fingerprint density at radius 3 is 2.57 bits per heavy atom. The molecule has 2 aromatic carbocycles. The minimum atomic E-state index is -0.137. The molecule has 0 aliphatic heterocycles. The summed E-state index contributed by atoms with van der Waals surface area (Å²) in [6.45, 7) is 3.02. The molecule has 0 fully saturated rings. The number of amides is 1. The van der Waals surface area contributed by atoms with Crippen LogP contribution in [0.4, 0.5) is 5.95 Å². The van der Waals surface area contributed by atoms with Crippen molar-refractivity contribution in [1.29, 1.82) is 0 Å². The second-order valence-electron chi connectivity index (χ2n) is 6.36. The van der Waals surface area contributed by atoms with Gasteiger partial charge in [-0.25, -0.2) is 0 Å². The Hall–Kier alpha value is -2.22.